The Hall–Kier alpha value is -3.34. The molecule has 1 aliphatic heterocycles. The Kier molecular flexibility index (Phi) is 5.41. The van der Waals surface area contributed by atoms with Crippen molar-refractivity contribution in [1.29, 1.82) is 0 Å². The van der Waals surface area contributed by atoms with E-state index in [1.54, 1.807) is 27.3 Å². The van der Waals surface area contributed by atoms with E-state index in [4.69, 9.17) is 14.6 Å². The first kappa shape index (κ1) is 18.5. The molecule has 1 N–H and O–H groups in total. The van der Waals surface area contributed by atoms with Gasteiger partial charge in [-0.25, -0.2) is 9.20 Å². The van der Waals surface area contributed by atoms with Gasteiger partial charge in [0.2, 0.25) is 0 Å². The standard InChI is InChI=1S/C15H17N7O2.CH2O2/c1-10-3-4-12-11(7-16-22(12)8-10)15(23)21-5-6-24-13(9-21)14-17-18-19-20(14)2;2-1-3/h3-4,7-8,13H,5-6,9H2,1-2H3;1H,(H,2,3). The van der Waals surface area contributed by atoms with Crippen LogP contribution in [0.2, 0.25) is 0 Å². The number of ether oxygens (including phenoxy) is 1. The number of carboxylic acid groups (broad SMARTS) is 1. The Bertz CT molecular complexity index is 951. The van der Waals surface area contributed by atoms with Crippen molar-refractivity contribution < 1.29 is 19.4 Å². The SMILES string of the molecule is Cc1ccc2c(C(=O)N3CCOC(c4nnnn4C)C3)cnn2c1.O=CO. The van der Waals surface area contributed by atoms with Gasteiger partial charge in [0.15, 0.2) is 5.82 Å². The number of hydrogen-bond acceptors (Lipinski definition) is 7. The summed E-state index contributed by atoms with van der Waals surface area (Å²) in [4.78, 5) is 23.0. The van der Waals surface area contributed by atoms with Crippen molar-refractivity contribution in [2.45, 2.75) is 13.0 Å². The van der Waals surface area contributed by atoms with Gasteiger partial charge in [-0.2, -0.15) is 5.10 Å². The van der Waals surface area contributed by atoms with Gasteiger partial charge in [0.05, 0.1) is 30.4 Å². The fraction of sp³-hybridized carbons (Fsp3) is 0.375. The van der Waals surface area contributed by atoms with Crippen molar-refractivity contribution in [3.63, 3.8) is 0 Å². The highest BCUT2D eigenvalue weighted by atomic mass is 16.5. The highest BCUT2D eigenvalue weighted by molar-refractivity contribution is 6.00. The maximum Gasteiger partial charge on any atom is 0.290 e. The lowest BCUT2D eigenvalue weighted by Crippen LogP contribution is -2.42. The van der Waals surface area contributed by atoms with Crippen molar-refractivity contribution in [3.05, 3.63) is 41.5 Å². The lowest BCUT2D eigenvalue weighted by atomic mass is 10.2. The number of carbonyl (C=O) groups is 2. The molecule has 142 valence electrons. The molecule has 0 bridgehead atoms. The van der Waals surface area contributed by atoms with Crippen molar-refractivity contribution in [2.75, 3.05) is 19.7 Å². The van der Waals surface area contributed by atoms with E-state index < -0.39 is 0 Å². The normalized spacial score (nSPS) is 16.7. The number of aromatic nitrogens is 6. The average molecular weight is 373 g/mol. The number of nitrogens with zero attached hydrogens (tertiary/aromatic N) is 7. The van der Waals surface area contributed by atoms with Gasteiger partial charge in [-0.3, -0.25) is 9.59 Å². The predicted molar refractivity (Wildman–Crippen MR) is 92.0 cm³/mol. The first-order valence-electron chi connectivity index (χ1n) is 8.20. The number of carbonyl (C=O) groups excluding carboxylic acids is 1. The smallest absolute Gasteiger partial charge is 0.290 e. The van der Waals surface area contributed by atoms with Crippen LogP contribution < -0.4 is 0 Å². The van der Waals surface area contributed by atoms with Crippen molar-refractivity contribution >= 4 is 17.9 Å². The molecule has 0 saturated carbocycles. The minimum Gasteiger partial charge on any atom is -0.483 e. The molecular weight excluding hydrogens is 354 g/mol. The number of pyridine rings is 1. The third-order valence-electron chi connectivity index (χ3n) is 4.19. The molecule has 1 aliphatic rings. The third kappa shape index (κ3) is 3.77. The maximum absolute atomic E-state index is 12.9. The van der Waals surface area contributed by atoms with Crippen LogP contribution in [0.3, 0.4) is 0 Å². The molecule has 0 aromatic carbocycles. The van der Waals surface area contributed by atoms with Crippen LogP contribution in [0.15, 0.2) is 24.5 Å². The molecule has 1 fully saturated rings. The summed E-state index contributed by atoms with van der Waals surface area (Å²) in [6.45, 7) is 3.13. The van der Waals surface area contributed by atoms with E-state index in [0.29, 0.717) is 31.1 Å². The van der Waals surface area contributed by atoms with E-state index in [1.165, 1.54) is 0 Å². The summed E-state index contributed by atoms with van der Waals surface area (Å²) < 4.78 is 9.02. The van der Waals surface area contributed by atoms with E-state index >= 15 is 0 Å². The summed E-state index contributed by atoms with van der Waals surface area (Å²) in [6.07, 6.45) is 3.19. The zero-order chi connectivity index (χ0) is 19.4. The molecular formula is C16H19N7O4. The lowest BCUT2D eigenvalue weighted by Gasteiger charge is -2.31. The Morgan fingerprint density at radius 3 is 2.89 bits per heavy atom. The summed E-state index contributed by atoms with van der Waals surface area (Å²) >= 11 is 0. The second kappa shape index (κ2) is 7.91. The molecule has 0 radical (unpaired) electrons. The molecule has 11 nitrogen and oxygen atoms in total. The Morgan fingerprint density at radius 1 is 1.41 bits per heavy atom. The van der Waals surface area contributed by atoms with Crippen LogP contribution in [0.25, 0.3) is 5.52 Å². The molecule has 1 saturated heterocycles. The zero-order valence-corrected chi connectivity index (χ0v) is 14.9. The molecule has 11 heteroatoms. The number of tetrazole rings is 1. The molecule has 4 heterocycles. The summed E-state index contributed by atoms with van der Waals surface area (Å²) in [5.41, 5.74) is 2.48. The molecule has 27 heavy (non-hydrogen) atoms. The van der Waals surface area contributed by atoms with Crippen molar-refractivity contribution in [2.24, 2.45) is 7.05 Å². The summed E-state index contributed by atoms with van der Waals surface area (Å²) in [6, 6.07) is 3.89. The second-order valence-corrected chi connectivity index (χ2v) is 5.97. The second-order valence-electron chi connectivity index (χ2n) is 5.97. The largest absolute Gasteiger partial charge is 0.483 e. The third-order valence-corrected chi connectivity index (χ3v) is 4.19. The van der Waals surface area contributed by atoms with Crippen molar-refractivity contribution in [1.82, 2.24) is 34.7 Å². The minimum atomic E-state index is -0.327. The molecule has 0 aliphatic carbocycles. The van der Waals surface area contributed by atoms with Crippen LogP contribution in [-0.2, 0) is 16.6 Å². The van der Waals surface area contributed by atoms with Gasteiger partial charge in [0.1, 0.15) is 6.10 Å². The van der Waals surface area contributed by atoms with Gasteiger partial charge in [-0.1, -0.05) is 6.07 Å². The van der Waals surface area contributed by atoms with E-state index in [-0.39, 0.29) is 18.5 Å². The molecule has 3 aromatic rings. The highest BCUT2D eigenvalue weighted by Crippen LogP contribution is 2.22. The van der Waals surface area contributed by atoms with E-state index in [0.717, 1.165) is 11.1 Å². The number of rotatable bonds is 2. The summed E-state index contributed by atoms with van der Waals surface area (Å²) in [5, 5.41) is 22.6. The molecule has 1 atom stereocenters. The summed E-state index contributed by atoms with van der Waals surface area (Å²) in [7, 11) is 1.76. The van der Waals surface area contributed by atoms with E-state index in [1.807, 2.05) is 25.3 Å². The maximum atomic E-state index is 12.9. The predicted octanol–water partition coefficient (Wildman–Crippen LogP) is 0.0807. The molecule has 1 amide bonds. The van der Waals surface area contributed by atoms with Gasteiger partial charge in [-0.05, 0) is 29.0 Å². The van der Waals surface area contributed by atoms with Crippen LogP contribution >= 0.6 is 0 Å². The Morgan fingerprint density at radius 2 is 2.19 bits per heavy atom. The molecule has 3 aromatic heterocycles. The lowest BCUT2D eigenvalue weighted by molar-refractivity contribution is -0.122. The number of hydrogen-bond donors (Lipinski definition) is 1. The monoisotopic (exact) mass is 373 g/mol. The van der Waals surface area contributed by atoms with E-state index in [9.17, 15) is 4.79 Å². The molecule has 1 unspecified atom stereocenters. The summed E-state index contributed by atoms with van der Waals surface area (Å²) in [5.74, 6) is 0.556. The van der Waals surface area contributed by atoms with Gasteiger partial charge >= 0.3 is 0 Å². The first-order chi connectivity index (χ1) is 13.0. The number of amides is 1. The fourth-order valence-electron chi connectivity index (χ4n) is 2.92. The highest BCUT2D eigenvalue weighted by Gasteiger charge is 2.30. The van der Waals surface area contributed by atoms with Crippen LogP contribution in [0, 0.1) is 6.92 Å². The molecule has 0 spiro atoms. The number of fused-ring (bicyclic) bond motifs is 1. The number of aryl methyl sites for hydroxylation is 2. The molecule has 4 rings (SSSR count). The first-order valence-corrected chi connectivity index (χ1v) is 8.20. The van der Waals surface area contributed by atoms with Gasteiger partial charge in [-0.15, -0.1) is 5.10 Å². The Balaban J connectivity index is 0.000000659. The van der Waals surface area contributed by atoms with Crippen molar-refractivity contribution in [3.8, 4) is 0 Å². The van der Waals surface area contributed by atoms with Gasteiger partial charge in [0, 0.05) is 19.8 Å². The minimum absolute atomic E-state index is 0.0581. The van der Waals surface area contributed by atoms with Crippen LogP contribution in [0.5, 0.6) is 0 Å². The topological polar surface area (TPSA) is 128 Å². The number of morpholine rings is 1. The average Bonchev–Trinajstić information content (AvgIpc) is 3.27. The zero-order valence-electron chi connectivity index (χ0n) is 14.9. The Labute approximate surface area is 154 Å². The van der Waals surface area contributed by atoms with Gasteiger partial charge < -0.3 is 14.7 Å². The fourth-order valence-corrected chi connectivity index (χ4v) is 2.92. The van der Waals surface area contributed by atoms with E-state index in [2.05, 4.69) is 20.6 Å². The van der Waals surface area contributed by atoms with Crippen LogP contribution in [0.4, 0.5) is 0 Å². The van der Waals surface area contributed by atoms with Crippen LogP contribution in [0.1, 0.15) is 27.8 Å². The quantitative estimate of drug-likeness (QED) is 0.626. The van der Waals surface area contributed by atoms with Gasteiger partial charge in [0.25, 0.3) is 12.4 Å². The van der Waals surface area contributed by atoms with Crippen LogP contribution in [-0.4, -0.2) is 71.9 Å².